The van der Waals surface area contributed by atoms with E-state index in [1.807, 2.05) is 27.7 Å². The summed E-state index contributed by atoms with van der Waals surface area (Å²) < 4.78 is 61.9. The third-order valence-electron chi connectivity index (χ3n) is 11.4. The number of hydrogen-bond acceptors (Lipinski definition) is 5. The van der Waals surface area contributed by atoms with Crippen molar-refractivity contribution in [1.29, 1.82) is 0 Å². The smallest absolute Gasteiger partial charge is 0.418 e. The number of rotatable bonds is 16. The maximum absolute atomic E-state index is 14.9. The molecule has 0 spiro atoms. The van der Waals surface area contributed by atoms with Crippen molar-refractivity contribution < 1.29 is 41.5 Å². The van der Waals surface area contributed by atoms with Crippen LogP contribution in [-0.2, 0) is 44.6 Å². The first kappa shape index (κ1) is 41.2. The lowest BCUT2D eigenvalue weighted by molar-refractivity contribution is -0.138. The number of amides is 2. The largest absolute Gasteiger partial charge is 0.497 e. The zero-order valence-corrected chi connectivity index (χ0v) is 31.9. The van der Waals surface area contributed by atoms with Crippen molar-refractivity contribution in [3.63, 3.8) is 0 Å². The summed E-state index contributed by atoms with van der Waals surface area (Å²) in [6, 6.07) is 16.6. The molecule has 4 aromatic rings. The van der Waals surface area contributed by atoms with Gasteiger partial charge < -0.3 is 20.4 Å². The normalized spacial score (nSPS) is 17.8. The van der Waals surface area contributed by atoms with E-state index >= 15 is 0 Å². The summed E-state index contributed by atoms with van der Waals surface area (Å²) in [5, 5.41) is 6.23. The molecule has 0 radical (unpaired) electrons. The number of aromatic nitrogens is 1. The number of Topliss-reactive ketones (excluding diaryl/α,β-unsaturated/α-hetero) is 2. The van der Waals surface area contributed by atoms with E-state index < -0.39 is 46.6 Å². The molecule has 0 aliphatic heterocycles. The van der Waals surface area contributed by atoms with Crippen LogP contribution in [-0.4, -0.2) is 41.0 Å². The van der Waals surface area contributed by atoms with E-state index in [2.05, 4.69) is 15.6 Å². The van der Waals surface area contributed by atoms with E-state index in [1.165, 1.54) is 31.4 Å². The molecule has 1 aliphatic rings. The first-order valence-electron chi connectivity index (χ1n) is 18.9. The van der Waals surface area contributed by atoms with Crippen LogP contribution in [0.1, 0.15) is 82.2 Å². The molecule has 294 valence electrons. The topological polar surface area (TPSA) is 117 Å². The monoisotopic (exact) mass is 763 g/mol. The van der Waals surface area contributed by atoms with Crippen LogP contribution in [0.4, 0.5) is 23.2 Å². The highest BCUT2D eigenvalue weighted by Crippen LogP contribution is 2.41. The Labute approximate surface area is 318 Å². The summed E-state index contributed by atoms with van der Waals surface area (Å²) in [6.07, 6.45) is -4.10. The molecular formula is C43H49F4N3O5. The molecule has 2 unspecified atom stereocenters. The van der Waals surface area contributed by atoms with E-state index in [0.29, 0.717) is 40.9 Å². The molecule has 1 aromatic heterocycles. The molecule has 1 heterocycles. The molecule has 1 aliphatic carbocycles. The van der Waals surface area contributed by atoms with Gasteiger partial charge in [0.1, 0.15) is 22.9 Å². The zero-order chi connectivity index (χ0) is 40.1. The summed E-state index contributed by atoms with van der Waals surface area (Å²) in [5.74, 6) is -3.87. The van der Waals surface area contributed by atoms with Crippen LogP contribution in [0.5, 0.6) is 5.75 Å². The van der Waals surface area contributed by atoms with E-state index in [9.17, 15) is 36.7 Å². The molecule has 2 amide bonds. The molecule has 0 saturated carbocycles. The standard InChI is InChI=1S/C43H49F4N3O5/c1-6-25(3)32(22-29(51)21-27-11-8-9-14-36(27)44)41(54)50-42(20-19-37-34(24-42)31-12-10-13-35(39(31)49-37)43(45,46)47)38(52)23-33(26(4)7-2)40(53)48-28-15-17-30(55-5)18-16-28/h8-18,25-26,32-33,49H,6-7,19-24H2,1-5H3,(H,48,53)(H,50,54)/t25?,26?,32-,33-,42+/m0/s1. The van der Waals surface area contributed by atoms with Gasteiger partial charge >= 0.3 is 6.18 Å². The van der Waals surface area contributed by atoms with Crippen molar-refractivity contribution in [2.45, 2.75) is 90.8 Å². The number of nitrogens with one attached hydrogen (secondary N) is 3. The zero-order valence-electron chi connectivity index (χ0n) is 31.9. The van der Waals surface area contributed by atoms with Crippen molar-refractivity contribution in [2.24, 2.45) is 23.7 Å². The van der Waals surface area contributed by atoms with Gasteiger partial charge in [-0.3, -0.25) is 19.2 Å². The minimum absolute atomic E-state index is 0.0580. The second-order valence-corrected chi connectivity index (χ2v) is 14.9. The number of aromatic amines is 1. The summed E-state index contributed by atoms with van der Waals surface area (Å²) in [7, 11) is 1.53. The van der Waals surface area contributed by atoms with Gasteiger partial charge in [-0.15, -0.1) is 0 Å². The number of carbonyl (C=O) groups excluding carboxylic acids is 4. The number of hydrogen-bond donors (Lipinski definition) is 3. The Balaban J connectivity index is 1.51. The molecule has 0 saturated heterocycles. The Morgan fingerprint density at radius 1 is 0.873 bits per heavy atom. The minimum Gasteiger partial charge on any atom is -0.497 e. The predicted octanol–water partition coefficient (Wildman–Crippen LogP) is 8.80. The highest BCUT2D eigenvalue weighted by molar-refractivity contribution is 6.01. The van der Waals surface area contributed by atoms with Crippen molar-refractivity contribution in [3.05, 3.63) is 94.9 Å². The van der Waals surface area contributed by atoms with Gasteiger partial charge in [0.2, 0.25) is 11.8 Å². The highest BCUT2D eigenvalue weighted by atomic mass is 19.4. The van der Waals surface area contributed by atoms with Gasteiger partial charge in [0.15, 0.2) is 5.78 Å². The molecule has 0 bridgehead atoms. The minimum atomic E-state index is -4.63. The summed E-state index contributed by atoms with van der Waals surface area (Å²) in [6.45, 7) is 7.48. The van der Waals surface area contributed by atoms with Crippen molar-refractivity contribution in [2.75, 3.05) is 12.4 Å². The lowest BCUT2D eigenvalue weighted by atomic mass is 9.72. The SMILES string of the molecule is CCC(C)[C@H](CC(=O)[C@@]1(NC(=O)[C@@H](CC(=O)Cc2ccccc2F)C(C)CC)CCc2[nH]c3c(C(F)(F)F)cccc3c2C1)C(=O)Nc1ccc(OC)cc1. The predicted molar refractivity (Wildman–Crippen MR) is 203 cm³/mol. The molecule has 0 fully saturated rings. The number of ketones is 2. The van der Waals surface area contributed by atoms with E-state index in [4.69, 9.17) is 4.74 Å². The van der Waals surface area contributed by atoms with E-state index in [-0.39, 0.29) is 73.1 Å². The second kappa shape index (κ2) is 17.2. The Hall–Kier alpha value is -5.00. The molecule has 12 heteroatoms. The van der Waals surface area contributed by atoms with Crippen molar-refractivity contribution in [1.82, 2.24) is 10.3 Å². The van der Waals surface area contributed by atoms with Crippen molar-refractivity contribution in [3.8, 4) is 5.75 Å². The fraction of sp³-hybridized carbons (Fsp3) is 0.442. The summed E-state index contributed by atoms with van der Waals surface area (Å²) in [5.41, 5.74) is -0.783. The summed E-state index contributed by atoms with van der Waals surface area (Å²) >= 11 is 0. The Morgan fingerprint density at radius 2 is 1.53 bits per heavy atom. The van der Waals surface area contributed by atoms with Crippen LogP contribution in [0.15, 0.2) is 66.7 Å². The number of H-pyrrole nitrogens is 1. The number of para-hydroxylation sites is 1. The molecule has 5 atom stereocenters. The Kier molecular flexibility index (Phi) is 12.9. The number of halogens is 4. The third-order valence-corrected chi connectivity index (χ3v) is 11.4. The van der Waals surface area contributed by atoms with E-state index in [1.54, 1.807) is 36.4 Å². The number of alkyl halides is 3. The van der Waals surface area contributed by atoms with E-state index in [0.717, 1.165) is 6.07 Å². The number of carbonyl (C=O) groups is 4. The average molecular weight is 764 g/mol. The average Bonchev–Trinajstić information content (AvgIpc) is 3.53. The van der Waals surface area contributed by atoms with Crippen LogP contribution in [0.3, 0.4) is 0 Å². The van der Waals surface area contributed by atoms with Gasteiger partial charge in [-0.1, -0.05) is 70.9 Å². The third kappa shape index (κ3) is 9.28. The fourth-order valence-corrected chi connectivity index (χ4v) is 7.60. The lowest BCUT2D eigenvalue weighted by Crippen LogP contribution is -2.60. The molecule has 3 aromatic carbocycles. The first-order chi connectivity index (χ1) is 26.1. The van der Waals surface area contributed by atoms with Gasteiger partial charge in [0.25, 0.3) is 0 Å². The van der Waals surface area contributed by atoms with Gasteiger partial charge in [0.05, 0.1) is 18.2 Å². The maximum Gasteiger partial charge on any atom is 0.418 e. The molecule has 55 heavy (non-hydrogen) atoms. The molecular weight excluding hydrogens is 714 g/mol. The number of fused-ring (bicyclic) bond motifs is 3. The van der Waals surface area contributed by atoms with Crippen LogP contribution >= 0.6 is 0 Å². The number of methoxy groups -OCH3 is 1. The Bertz CT molecular complexity index is 2020. The summed E-state index contributed by atoms with van der Waals surface area (Å²) in [4.78, 5) is 59.5. The molecule has 5 rings (SSSR count). The van der Waals surface area contributed by atoms with Gasteiger partial charge in [-0.25, -0.2) is 4.39 Å². The van der Waals surface area contributed by atoms with Gasteiger partial charge in [-0.2, -0.15) is 13.2 Å². The quantitative estimate of drug-likeness (QED) is 0.0987. The number of benzene rings is 3. The molecule has 3 N–H and O–H groups in total. The van der Waals surface area contributed by atoms with Gasteiger partial charge in [0, 0.05) is 54.3 Å². The fourth-order valence-electron chi connectivity index (χ4n) is 7.60. The number of ether oxygens (including phenoxy) is 1. The Morgan fingerprint density at radius 3 is 2.15 bits per heavy atom. The first-order valence-corrected chi connectivity index (χ1v) is 18.9. The van der Waals surface area contributed by atoms with Crippen LogP contribution < -0.4 is 15.4 Å². The maximum atomic E-state index is 14.9. The highest BCUT2D eigenvalue weighted by Gasteiger charge is 2.47. The van der Waals surface area contributed by atoms with Gasteiger partial charge in [-0.05, 0) is 72.2 Å². The number of aryl methyl sites for hydroxylation is 1. The molecule has 8 nitrogen and oxygen atoms in total. The number of anilines is 1. The van der Waals surface area contributed by atoms with Crippen molar-refractivity contribution >= 4 is 40.0 Å². The lowest BCUT2D eigenvalue weighted by Gasteiger charge is -2.39. The van der Waals surface area contributed by atoms with Crippen LogP contribution in [0.2, 0.25) is 0 Å². The van der Waals surface area contributed by atoms with Crippen LogP contribution in [0, 0.1) is 29.5 Å². The van der Waals surface area contributed by atoms with Crippen LogP contribution in [0.25, 0.3) is 10.9 Å². The second-order valence-electron chi connectivity index (χ2n) is 14.9.